The zero-order valence-electron chi connectivity index (χ0n) is 12.1. The number of nitrogens with one attached hydrogen (secondary N) is 2. The Morgan fingerprint density at radius 3 is 3.10 bits per heavy atom. The number of nitrogens with zero attached hydrogens (tertiary/aromatic N) is 1. The lowest BCUT2D eigenvalue weighted by Gasteiger charge is -2.22. The van der Waals surface area contributed by atoms with Crippen molar-refractivity contribution in [1.82, 2.24) is 10.2 Å². The molecule has 1 fully saturated rings. The SMILES string of the molecule is CC(CN1CCCC1=O)NCc1cccc2c1NCC2. The Morgan fingerprint density at radius 1 is 1.40 bits per heavy atom. The number of anilines is 1. The zero-order chi connectivity index (χ0) is 13.9. The van der Waals surface area contributed by atoms with Gasteiger partial charge >= 0.3 is 0 Å². The number of benzene rings is 1. The van der Waals surface area contributed by atoms with Crippen molar-refractivity contribution in [2.75, 3.05) is 25.0 Å². The molecule has 0 radical (unpaired) electrons. The van der Waals surface area contributed by atoms with Gasteiger partial charge in [0.2, 0.25) is 5.91 Å². The van der Waals surface area contributed by atoms with E-state index in [-0.39, 0.29) is 0 Å². The Bertz CT molecular complexity index is 500. The van der Waals surface area contributed by atoms with Gasteiger partial charge in [0.15, 0.2) is 0 Å². The number of carbonyl (C=O) groups is 1. The number of carbonyl (C=O) groups excluding carboxylic acids is 1. The van der Waals surface area contributed by atoms with E-state index in [0.29, 0.717) is 11.9 Å². The topological polar surface area (TPSA) is 44.4 Å². The fourth-order valence-corrected chi connectivity index (χ4v) is 3.13. The summed E-state index contributed by atoms with van der Waals surface area (Å²) in [6.07, 6.45) is 2.87. The van der Waals surface area contributed by atoms with Crippen LogP contribution in [-0.2, 0) is 17.8 Å². The molecule has 2 heterocycles. The van der Waals surface area contributed by atoms with E-state index in [4.69, 9.17) is 0 Å². The summed E-state index contributed by atoms with van der Waals surface area (Å²) >= 11 is 0. The van der Waals surface area contributed by atoms with Crippen LogP contribution in [-0.4, -0.2) is 36.5 Å². The lowest BCUT2D eigenvalue weighted by atomic mass is 10.1. The van der Waals surface area contributed by atoms with Crippen molar-refractivity contribution in [3.05, 3.63) is 29.3 Å². The minimum absolute atomic E-state index is 0.306. The highest BCUT2D eigenvalue weighted by atomic mass is 16.2. The Morgan fingerprint density at radius 2 is 2.30 bits per heavy atom. The monoisotopic (exact) mass is 273 g/mol. The van der Waals surface area contributed by atoms with Gasteiger partial charge in [-0.2, -0.15) is 0 Å². The van der Waals surface area contributed by atoms with E-state index in [1.165, 1.54) is 16.8 Å². The van der Waals surface area contributed by atoms with Crippen molar-refractivity contribution in [2.24, 2.45) is 0 Å². The number of para-hydroxylation sites is 1. The van der Waals surface area contributed by atoms with Crippen molar-refractivity contribution in [1.29, 1.82) is 0 Å². The van der Waals surface area contributed by atoms with Crippen LogP contribution in [0.3, 0.4) is 0 Å². The minimum Gasteiger partial charge on any atom is -0.384 e. The molecular weight excluding hydrogens is 250 g/mol. The molecule has 2 N–H and O–H groups in total. The van der Waals surface area contributed by atoms with Crippen LogP contribution < -0.4 is 10.6 Å². The lowest BCUT2D eigenvalue weighted by Crippen LogP contribution is -2.39. The van der Waals surface area contributed by atoms with E-state index in [2.05, 4.69) is 35.8 Å². The molecule has 0 spiro atoms. The van der Waals surface area contributed by atoms with Crippen LogP contribution >= 0.6 is 0 Å². The summed E-state index contributed by atoms with van der Waals surface area (Å²) in [5.74, 6) is 0.306. The summed E-state index contributed by atoms with van der Waals surface area (Å²) < 4.78 is 0. The standard InChI is InChI=1S/C16H23N3O/c1-12(11-19-9-3-6-15(19)20)18-10-14-5-2-4-13-7-8-17-16(13)14/h2,4-5,12,17-18H,3,6-11H2,1H3. The third-order valence-electron chi connectivity index (χ3n) is 4.24. The van der Waals surface area contributed by atoms with Gasteiger partial charge in [0.1, 0.15) is 0 Å². The quantitative estimate of drug-likeness (QED) is 0.859. The molecule has 0 aromatic heterocycles. The average molecular weight is 273 g/mol. The highest BCUT2D eigenvalue weighted by molar-refractivity contribution is 5.78. The second-order valence-electron chi connectivity index (χ2n) is 5.85. The summed E-state index contributed by atoms with van der Waals surface area (Å²) in [7, 11) is 0. The van der Waals surface area contributed by atoms with E-state index in [1.54, 1.807) is 0 Å². The molecule has 1 amide bonds. The maximum absolute atomic E-state index is 11.6. The molecule has 20 heavy (non-hydrogen) atoms. The molecular formula is C16H23N3O. The van der Waals surface area contributed by atoms with E-state index >= 15 is 0 Å². The van der Waals surface area contributed by atoms with Crippen molar-refractivity contribution in [2.45, 2.75) is 38.8 Å². The number of likely N-dealkylation sites (tertiary alicyclic amines) is 1. The predicted octanol–water partition coefficient (Wildman–Crippen LogP) is 1.76. The first-order chi connectivity index (χ1) is 9.74. The predicted molar refractivity (Wildman–Crippen MR) is 80.8 cm³/mol. The molecule has 1 aromatic rings. The summed E-state index contributed by atoms with van der Waals surface area (Å²) in [6, 6.07) is 6.84. The van der Waals surface area contributed by atoms with E-state index < -0.39 is 0 Å². The number of hydrogen-bond donors (Lipinski definition) is 2. The van der Waals surface area contributed by atoms with Crippen LogP contribution in [0.2, 0.25) is 0 Å². The zero-order valence-corrected chi connectivity index (χ0v) is 12.1. The Kier molecular flexibility index (Phi) is 3.92. The largest absolute Gasteiger partial charge is 0.384 e. The fourth-order valence-electron chi connectivity index (χ4n) is 3.13. The average Bonchev–Trinajstić information content (AvgIpc) is 3.06. The second-order valence-corrected chi connectivity index (χ2v) is 5.85. The Hall–Kier alpha value is -1.55. The van der Waals surface area contributed by atoms with Gasteiger partial charge in [-0.15, -0.1) is 0 Å². The highest BCUT2D eigenvalue weighted by Crippen LogP contribution is 2.26. The number of amides is 1. The molecule has 3 rings (SSSR count). The molecule has 1 aromatic carbocycles. The third kappa shape index (κ3) is 2.80. The molecule has 2 aliphatic heterocycles. The van der Waals surface area contributed by atoms with Gasteiger partial charge in [-0.05, 0) is 30.9 Å². The summed E-state index contributed by atoms with van der Waals surface area (Å²) in [4.78, 5) is 13.6. The lowest BCUT2D eigenvalue weighted by molar-refractivity contribution is -0.127. The Balaban J connectivity index is 1.54. The maximum atomic E-state index is 11.6. The molecule has 1 atom stereocenters. The second kappa shape index (κ2) is 5.83. The van der Waals surface area contributed by atoms with Crippen LogP contribution in [0.5, 0.6) is 0 Å². The molecule has 2 aliphatic rings. The van der Waals surface area contributed by atoms with Crippen LogP contribution in [0, 0.1) is 0 Å². The summed E-state index contributed by atoms with van der Waals surface area (Å²) in [5.41, 5.74) is 4.07. The highest BCUT2D eigenvalue weighted by Gasteiger charge is 2.21. The number of hydrogen-bond acceptors (Lipinski definition) is 3. The third-order valence-corrected chi connectivity index (χ3v) is 4.24. The molecule has 1 saturated heterocycles. The molecule has 108 valence electrons. The maximum Gasteiger partial charge on any atom is 0.222 e. The number of rotatable bonds is 5. The van der Waals surface area contributed by atoms with Gasteiger partial charge in [0, 0.05) is 44.3 Å². The number of fused-ring (bicyclic) bond motifs is 1. The van der Waals surface area contributed by atoms with Gasteiger partial charge in [0.25, 0.3) is 0 Å². The Labute approximate surface area is 120 Å². The molecule has 0 saturated carbocycles. The molecule has 1 unspecified atom stereocenters. The first-order valence-electron chi connectivity index (χ1n) is 7.60. The van der Waals surface area contributed by atoms with Gasteiger partial charge in [0.05, 0.1) is 0 Å². The normalized spacial score (nSPS) is 19.1. The molecule has 4 heteroatoms. The van der Waals surface area contributed by atoms with Crippen LogP contribution in [0.25, 0.3) is 0 Å². The first-order valence-corrected chi connectivity index (χ1v) is 7.60. The summed E-state index contributed by atoms with van der Waals surface area (Å²) in [5, 5.41) is 7.01. The molecule has 0 bridgehead atoms. The van der Waals surface area contributed by atoms with Crippen molar-refractivity contribution >= 4 is 11.6 Å². The van der Waals surface area contributed by atoms with Gasteiger partial charge < -0.3 is 15.5 Å². The fraction of sp³-hybridized carbons (Fsp3) is 0.562. The van der Waals surface area contributed by atoms with Crippen LogP contribution in [0.1, 0.15) is 30.9 Å². The van der Waals surface area contributed by atoms with Crippen LogP contribution in [0.15, 0.2) is 18.2 Å². The van der Waals surface area contributed by atoms with Gasteiger partial charge in [-0.3, -0.25) is 4.79 Å². The van der Waals surface area contributed by atoms with Crippen molar-refractivity contribution < 1.29 is 4.79 Å². The molecule has 0 aliphatic carbocycles. The van der Waals surface area contributed by atoms with Crippen molar-refractivity contribution in [3.63, 3.8) is 0 Å². The van der Waals surface area contributed by atoms with Gasteiger partial charge in [-0.25, -0.2) is 0 Å². The van der Waals surface area contributed by atoms with Crippen LogP contribution in [0.4, 0.5) is 5.69 Å². The van der Waals surface area contributed by atoms with Crippen molar-refractivity contribution in [3.8, 4) is 0 Å². The first kappa shape index (κ1) is 13.4. The van der Waals surface area contributed by atoms with E-state index in [9.17, 15) is 4.79 Å². The van der Waals surface area contributed by atoms with E-state index in [1.807, 2.05) is 4.90 Å². The van der Waals surface area contributed by atoms with Gasteiger partial charge in [-0.1, -0.05) is 18.2 Å². The summed E-state index contributed by atoms with van der Waals surface area (Å²) in [6.45, 7) is 5.81. The minimum atomic E-state index is 0.306. The molecule has 4 nitrogen and oxygen atoms in total. The van der Waals surface area contributed by atoms with E-state index in [0.717, 1.165) is 45.4 Å². The smallest absolute Gasteiger partial charge is 0.222 e.